The molecule has 6 heteroatoms. The highest BCUT2D eigenvalue weighted by Gasteiger charge is 2.29. The molecule has 5 nitrogen and oxygen atoms in total. The van der Waals surface area contributed by atoms with Crippen molar-refractivity contribution in [3.63, 3.8) is 0 Å². The summed E-state index contributed by atoms with van der Waals surface area (Å²) in [6.45, 7) is 0.744. The maximum atomic E-state index is 11.9. The molecule has 2 rings (SSSR count). The van der Waals surface area contributed by atoms with Crippen molar-refractivity contribution in [3.8, 4) is 0 Å². The summed E-state index contributed by atoms with van der Waals surface area (Å²) in [4.78, 5) is 11.9. The number of carbonyl (C=O) groups is 1. The summed E-state index contributed by atoms with van der Waals surface area (Å²) in [6.07, 6.45) is 10.6. The fourth-order valence-electron chi connectivity index (χ4n) is 3.53. The lowest BCUT2D eigenvalue weighted by atomic mass is 9.89. The van der Waals surface area contributed by atoms with Gasteiger partial charge in [-0.1, -0.05) is 25.7 Å². The van der Waals surface area contributed by atoms with Crippen molar-refractivity contribution >= 4 is 15.9 Å². The van der Waals surface area contributed by atoms with Crippen LogP contribution in [0.3, 0.4) is 0 Å². The molecule has 2 unspecified atom stereocenters. The van der Waals surface area contributed by atoms with E-state index >= 15 is 0 Å². The summed E-state index contributed by atoms with van der Waals surface area (Å²) in [6, 6.07) is -0.149. The Morgan fingerprint density at radius 3 is 2.43 bits per heavy atom. The third kappa shape index (κ3) is 5.49. The lowest BCUT2D eigenvalue weighted by Gasteiger charge is -2.29. The minimum absolute atomic E-state index is 0.00942. The predicted molar refractivity (Wildman–Crippen MR) is 84.0 cm³/mol. The zero-order valence-corrected chi connectivity index (χ0v) is 13.8. The largest absolute Gasteiger partial charge is 0.338 e. The first-order valence-electron chi connectivity index (χ1n) is 8.18. The molecule has 2 saturated carbocycles. The fourth-order valence-corrected chi connectivity index (χ4v) is 4.71. The van der Waals surface area contributed by atoms with E-state index in [2.05, 4.69) is 10.6 Å². The summed E-state index contributed by atoms with van der Waals surface area (Å²) >= 11 is 0. The second kappa shape index (κ2) is 7.47. The molecule has 0 heterocycles. The van der Waals surface area contributed by atoms with Crippen molar-refractivity contribution in [3.05, 3.63) is 0 Å². The smallest absolute Gasteiger partial charge is 0.315 e. The van der Waals surface area contributed by atoms with Crippen LogP contribution in [0.15, 0.2) is 0 Å². The molecular weight excluding hydrogens is 288 g/mol. The molecule has 2 fully saturated rings. The monoisotopic (exact) mass is 316 g/mol. The summed E-state index contributed by atoms with van der Waals surface area (Å²) in [5.41, 5.74) is 0. The van der Waals surface area contributed by atoms with Gasteiger partial charge in [0.05, 0.1) is 5.25 Å². The lowest BCUT2D eigenvalue weighted by Crippen LogP contribution is -2.47. The Hall–Kier alpha value is -0.780. The van der Waals surface area contributed by atoms with E-state index in [1.165, 1.54) is 38.4 Å². The van der Waals surface area contributed by atoms with Crippen LogP contribution in [0.4, 0.5) is 4.79 Å². The number of hydrogen-bond donors (Lipinski definition) is 2. The van der Waals surface area contributed by atoms with Crippen molar-refractivity contribution in [2.75, 3.05) is 12.8 Å². The van der Waals surface area contributed by atoms with Crippen molar-refractivity contribution in [1.82, 2.24) is 10.6 Å². The number of carbonyl (C=O) groups excluding carboxylic acids is 1. The molecule has 0 saturated heterocycles. The van der Waals surface area contributed by atoms with Gasteiger partial charge >= 0.3 is 6.03 Å². The van der Waals surface area contributed by atoms with Gasteiger partial charge in [-0.25, -0.2) is 13.2 Å². The second-order valence-electron chi connectivity index (χ2n) is 6.67. The topological polar surface area (TPSA) is 75.3 Å². The number of hydrogen-bond acceptors (Lipinski definition) is 3. The van der Waals surface area contributed by atoms with Gasteiger partial charge in [0.2, 0.25) is 0 Å². The second-order valence-corrected chi connectivity index (χ2v) is 9.00. The van der Waals surface area contributed by atoms with Gasteiger partial charge in [0, 0.05) is 18.8 Å². The summed E-state index contributed by atoms with van der Waals surface area (Å²) in [7, 11) is -3.00. The van der Waals surface area contributed by atoms with Crippen LogP contribution in [-0.4, -0.2) is 38.5 Å². The van der Waals surface area contributed by atoms with Gasteiger partial charge < -0.3 is 10.6 Å². The molecule has 122 valence electrons. The molecule has 2 aliphatic rings. The van der Waals surface area contributed by atoms with Crippen molar-refractivity contribution in [1.29, 1.82) is 0 Å². The van der Waals surface area contributed by atoms with Gasteiger partial charge in [0.1, 0.15) is 9.84 Å². The number of sulfone groups is 1. The SMILES string of the molecule is CS(=O)(=O)C1CCCC(NC(=O)NCC2CCCCC2)C1. The van der Waals surface area contributed by atoms with E-state index < -0.39 is 9.84 Å². The van der Waals surface area contributed by atoms with Crippen LogP contribution < -0.4 is 10.6 Å². The Balaban J connectivity index is 1.71. The molecule has 0 spiro atoms. The number of amides is 2. The van der Waals surface area contributed by atoms with Gasteiger partial charge in [-0.2, -0.15) is 0 Å². The predicted octanol–water partition coefficient (Wildman–Crippen LogP) is 2.22. The Bertz CT molecular complexity index is 444. The van der Waals surface area contributed by atoms with E-state index in [1.54, 1.807) is 0 Å². The van der Waals surface area contributed by atoms with Crippen molar-refractivity contribution in [2.45, 2.75) is 69.1 Å². The van der Waals surface area contributed by atoms with Crippen LogP contribution in [-0.2, 0) is 9.84 Å². The molecule has 0 aromatic heterocycles. The average molecular weight is 316 g/mol. The highest BCUT2D eigenvalue weighted by atomic mass is 32.2. The molecule has 2 amide bonds. The van der Waals surface area contributed by atoms with E-state index in [1.807, 2.05) is 0 Å². The van der Waals surface area contributed by atoms with Crippen LogP contribution >= 0.6 is 0 Å². The minimum Gasteiger partial charge on any atom is -0.338 e. The standard InChI is InChI=1S/C15H28N2O3S/c1-21(19,20)14-9-5-8-13(10-14)17-15(18)16-11-12-6-3-2-4-7-12/h12-14H,2-11H2,1H3,(H2,16,17,18). The molecule has 0 radical (unpaired) electrons. The number of nitrogens with one attached hydrogen (secondary N) is 2. The first-order chi connectivity index (χ1) is 9.95. The lowest BCUT2D eigenvalue weighted by molar-refractivity contribution is 0.228. The van der Waals surface area contributed by atoms with Gasteiger partial charge in [0.25, 0.3) is 0 Å². The van der Waals surface area contributed by atoms with Gasteiger partial charge in [-0.05, 0) is 38.0 Å². The van der Waals surface area contributed by atoms with Crippen LogP contribution in [0, 0.1) is 5.92 Å². The van der Waals surface area contributed by atoms with Crippen molar-refractivity contribution < 1.29 is 13.2 Å². The number of urea groups is 1. The van der Waals surface area contributed by atoms with Crippen LogP contribution in [0.25, 0.3) is 0 Å². The first kappa shape index (κ1) is 16.6. The average Bonchev–Trinajstić information content (AvgIpc) is 2.46. The zero-order chi connectivity index (χ0) is 15.3. The maximum absolute atomic E-state index is 11.9. The summed E-state index contributed by atoms with van der Waals surface area (Å²) in [5, 5.41) is 5.60. The quantitative estimate of drug-likeness (QED) is 0.835. The van der Waals surface area contributed by atoms with E-state index in [4.69, 9.17) is 0 Å². The van der Waals surface area contributed by atoms with E-state index in [-0.39, 0.29) is 17.3 Å². The third-order valence-corrected chi connectivity index (χ3v) is 6.48. The van der Waals surface area contributed by atoms with E-state index in [9.17, 15) is 13.2 Å². The molecule has 0 aliphatic heterocycles. The van der Waals surface area contributed by atoms with Crippen LogP contribution in [0.1, 0.15) is 57.8 Å². The molecular formula is C15H28N2O3S. The molecule has 21 heavy (non-hydrogen) atoms. The molecule has 2 atom stereocenters. The van der Waals surface area contributed by atoms with Gasteiger partial charge in [0.15, 0.2) is 0 Å². The molecule has 0 aromatic rings. The molecule has 0 bridgehead atoms. The first-order valence-corrected chi connectivity index (χ1v) is 10.1. The molecule has 2 aliphatic carbocycles. The minimum atomic E-state index is -3.00. The Morgan fingerprint density at radius 2 is 1.76 bits per heavy atom. The van der Waals surface area contributed by atoms with Gasteiger partial charge in [-0.15, -0.1) is 0 Å². The van der Waals surface area contributed by atoms with Gasteiger partial charge in [-0.3, -0.25) is 0 Å². The normalized spacial score (nSPS) is 28.0. The Labute approximate surface area is 128 Å². The van der Waals surface area contributed by atoms with Crippen LogP contribution in [0.5, 0.6) is 0 Å². The molecule has 2 N–H and O–H groups in total. The highest BCUT2D eigenvalue weighted by Crippen LogP contribution is 2.24. The van der Waals surface area contributed by atoms with E-state index in [0.717, 1.165) is 25.8 Å². The fraction of sp³-hybridized carbons (Fsp3) is 0.933. The highest BCUT2D eigenvalue weighted by molar-refractivity contribution is 7.91. The van der Waals surface area contributed by atoms with Crippen molar-refractivity contribution in [2.24, 2.45) is 5.92 Å². The summed E-state index contributed by atoms with van der Waals surface area (Å²) in [5.74, 6) is 0.611. The third-order valence-electron chi connectivity index (χ3n) is 4.84. The maximum Gasteiger partial charge on any atom is 0.315 e. The zero-order valence-electron chi connectivity index (χ0n) is 12.9. The number of rotatable bonds is 4. The van der Waals surface area contributed by atoms with E-state index in [0.29, 0.717) is 12.3 Å². The van der Waals surface area contributed by atoms with Crippen LogP contribution in [0.2, 0.25) is 0 Å². The summed E-state index contributed by atoms with van der Waals surface area (Å²) < 4.78 is 23.2. The Kier molecular flexibility index (Phi) is 5.90. The molecule has 0 aromatic carbocycles. The Morgan fingerprint density at radius 1 is 1.05 bits per heavy atom.